The normalized spacial score (nSPS) is 18.3. The molecule has 0 aliphatic carbocycles. The van der Waals surface area contributed by atoms with Gasteiger partial charge in [-0.2, -0.15) is 0 Å². The molecule has 0 radical (unpaired) electrons. The molecule has 7 heteroatoms. The topological polar surface area (TPSA) is 88.1 Å². The number of morpholine rings is 1. The fraction of sp³-hybridized carbons (Fsp3) is 0.429. The van der Waals surface area contributed by atoms with Crippen molar-refractivity contribution in [3.8, 4) is 0 Å². The van der Waals surface area contributed by atoms with Crippen molar-refractivity contribution in [3.63, 3.8) is 0 Å². The second-order valence-electron chi connectivity index (χ2n) is 4.69. The zero-order valence-corrected chi connectivity index (χ0v) is 11.7. The van der Waals surface area contributed by atoms with Crippen molar-refractivity contribution in [3.05, 3.63) is 29.8 Å². The van der Waals surface area contributed by atoms with E-state index in [1.807, 2.05) is 6.07 Å². The number of carboxylic acid groups (broad SMARTS) is 1. The number of hydrogen-bond acceptors (Lipinski definition) is 4. The minimum absolute atomic E-state index is 0.00642. The Kier molecular flexibility index (Phi) is 5.13. The number of carbonyl (C=O) groups is 2. The van der Waals surface area contributed by atoms with Gasteiger partial charge in [-0.05, 0) is 17.7 Å². The summed E-state index contributed by atoms with van der Waals surface area (Å²) in [4.78, 5) is 24.6. The number of anilines is 1. The van der Waals surface area contributed by atoms with Crippen LogP contribution in [-0.2, 0) is 20.9 Å². The van der Waals surface area contributed by atoms with Crippen LogP contribution in [0.5, 0.6) is 0 Å². The second kappa shape index (κ2) is 7.05. The molecule has 1 aromatic rings. The quantitative estimate of drug-likeness (QED) is 0.869. The molecule has 1 fully saturated rings. The third-order valence-corrected chi connectivity index (χ3v) is 3.16. The van der Waals surface area contributed by atoms with Crippen LogP contribution in [0.3, 0.4) is 0 Å². The lowest BCUT2D eigenvalue weighted by Crippen LogP contribution is -2.53. The Bertz CT molecular complexity index is 520. The van der Waals surface area contributed by atoms with Crippen LogP contribution in [0.25, 0.3) is 0 Å². The summed E-state index contributed by atoms with van der Waals surface area (Å²) in [5, 5.41) is 11.8. The van der Waals surface area contributed by atoms with Crippen LogP contribution in [-0.4, -0.2) is 54.9 Å². The van der Waals surface area contributed by atoms with E-state index in [1.54, 1.807) is 25.3 Å². The largest absolute Gasteiger partial charge is 0.480 e. The standard InChI is InChI=1S/C14H18N2O5/c1-20-8-10-3-2-4-11(7-10)15-14(19)16-5-6-21-9-12(16)13(17)18/h2-4,7,12H,5-6,8-9H2,1H3,(H,15,19)(H,17,18). The van der Waals surface area contributed by atoms with Gasteiger partial charge in [0, 0.05) is 19.3 Å². The van der Waals surface area contributed by atoms with Crippen LogP contribution >= 0.6 is 0 Å². The Hall–Kier alpha value is -2.12. The van der Waals surface area contributed by atoms with Gasteiger partial charge in [0.25, 0.3) is 0 Å². The first-order chi connectivity index (χ1) is 10.1. The highest BCUT2D eigenvalue weighted by molar-refractivity contribution is 5.92. The Labute approximate surface area is 122 Å². The van der Waals surface area contributed by atoms with Crippen molar-refractivity contribution in [1.29, 1.82) is 0 Å². The van der Waals surface area contributed by atoms with E-state index in [2.05, 4.69) is 5.32 Å². The van der Waals surface area contributed by atoms with Gasteiger partial charge in [0.2, 0.25) is 0 Å². The highest BCUT2D eigenvalue weighted by Gasteiger charge is 2.32. The number of ether oxygens (including phenoxy) is 2. The van der Waals surface area contributed by atoms with Gasteiger partial charge in [-0.3, -0.25) is 0 Å². The predicted octanol–water partition coefficient (Wildman–Crippen LogP) is 1.15. The Morgan fingerprint density at radius 1 is 1.52 bits per heavy atom. The molecule has 114 valence electrons. The summed E-state index contributed by atoms with van der Waals surface area (Å²) in [5.74, 6) is -1.07. The van der Waals surface area contributed by atoms with Crippen molar-refractivity contribution >= 4 is 17.7 Å². The molecule has 21 heavy (non-hydrogen) atoms. The molecule has 7 nitrogen and oxygen atoms in total. The van der Waals surface area contributed by atoms with Crippen LogP contribution in [0.2, 0.25) is 0 Å². The summed E-state index contributed by atoms with van der Waals surface area (Å²) < 4.78 is 10.1. The number of benzene rings is 1. The summed E-state index contributed by atoms with van der Waals surface area (Å²) in [5.41, 5.74) is 1.53. The van der Waals surface area contributed by atoms with E-state index in [0.717, 1.165) is 5.56 Å². The molecule has 1 unspecified atom stereocenters. The molecule has 2 amide bonds. The first kappa shape index (κ1) is 15.3. The summed E-state index contributed by atoms with van der Waals surface area (Å²) in [6, 6.07) is 5.82. The molecule has 1 saturated heterocycles. The lowest BCUT2D eigenvalue weighted by Gasteiger charge is -2.32. The van der Waals surface area contributed by atoms with E-state index in [4.69, 9.17) is 14.6 Å². The van der Waals surface area contributed by atoms with E-state index < -0.39 is 18.0 Å². The monoisotopic (exact) mass is 294 g/mol. The molecule has 1 aliphatic rings. The smallest absolute Gasteiger partial charge is 0.328 e. The van der Waals surface area contributed by atoms with E-state index in [-0.39, 0.29) is 13.2 Å². The lowest BCUT2D eigenvalue weighted by atomic mass is 10.2. The maximum atomic E-state index is 12.2. The highest BCUT2D eigenvalue weighted by Crippen LogP contribution is 2.14. The average molecular weight is 294 g/mol. The molecule has 1 heterocycles. The number of nitrogens with one attached hydrogen (secondary N) is 1. The highest BCUT2D eigenvalue weighted by atomic mass is 16.5. The maximum absolute atomic E-state index is 12.2. The molecule has 0 bridgehead atoms. The molecular weight excluding hydrogens is 276 g/mol. The van der Waals surface area contributed by atoms with Crippen LogP contribution in [0, 0.1) is 0 Å². The van der Waals surface area contributed by atoms with E-state index in [9.17, 15) is 9.59 Å². The van der Waals surface area contributed by atoms with Crippen LogP contribution in [0.4, 0.5) is 10.5 Å². The van der Waals surface area contributed by atoms with Gasteiger partial charge in [-0.25, -0.2) is 9.59 Å². The van der Waals surface area contributed by atoms with Crippen LogP contribution in [0.1, 0.15) is 5.56 Å². The summed E-state index contributed by atoms with van der Waals surface area (Å²) in [6.07, 6.45) is 0. The lowest BCUT2D eigenvalue weighted by molar-refractivity contribution is -0.147. The fourth-order valence-corrected chi connectivity index (χ4v) is 2.15. The molecule has 0 aromatic heterocycles. The summed E-state index contributed by atoms with van der Waals surface area (Å²) in [7, 11) is 1.59. The van der Waals surface area contributed by atoms with Gasteiger partial charge >= 0.3 is 12.0 Å². The number of aliphatic carboxylic acids is 1. The number of carbonyl (C=O) groups excluding carboxylic acids is 1. The number of nitrogens with zero attached hydrogens (tertiary/aromatic N) is 1. The van der Waals surface area contributed by atoms with Crippen molar-refractivity contribution in [2.75, 3.05) is 32.2 Å². The van der Waals surface area contributed by atoms with Gasteiger partial charge in [0.05, 0.1) is 19.8 Å². The maximum Gasteiger partial charge on any atom is 0.328 e. The van der Waals surface area contributed by atoms with Gasteiger partial charge < -0.3 is 24.8 Å². The van der Waals surface area contributed by atoms with Gasteiger partial charge in [0.1, 0.15) is 0 Å². The third-order valence-electron chi connectivity index (χ3n) is 3.16. The minimum atomic E-state index is -1.07. The van der Waals surface area contributed by atoms with Crippen LogP contribution in [0.15, 0.2) is 24.3 Å². The Morgan fingerprint density at radius 3 is 3.05 bits per heavy atom. The fourth-order valence-electron chi connectivity index (χ4n) is 2.15. The van der Waals surface area contributed by atoms with Gasteiger partial charge in [-0.15, -0.1) is 0 Å². The number of amides is 2. The molecule has 0 saturated carbocycles. The molecule has 1 aromatic carbocycles. The number of carboxylic acids is 1. The number of urea groups is 1. The predicted molar refractivity (Wildman–Crippen MR) is 75.1 cm³/mol. The molecule has 2 N–H and O–H groups in total. The average Bonchev–Trinajstić information content (AvgIpc) is 2.48. The van der Waals surface area contributed by atoms with Crippen molar-refractivity contribution in [2.24, 2.45) is 0 Å². The third kappa shape index (κ3) is 3.93. The van der Waals surface area contributed by atoms with E-state index in [1.165, 1.54) is 4.90 Å². The second-order valence-corrected chi connectivity index (χ2v) is 4.69. The van der Waals surface area contributed by atoms with Crippen LogP contribution < -0.4 is 5.32 Å². The van der Waals surface area contributed by atoms with Gasteiger partial charge in [-0.1, -0.05) is 12.1 Å². The van der Waals surface area contributed by atoms with Crippen molar-refractivity contribution in [2.45, 2.75) is 12.6 Å². The zero-order chi connectivity index (χ0) is 15.2. The molecule has 2 rings (SSSR count). The first-order valence-corrected chi connectivity index (χ1v) is 6.58. The van der Waals surface area contributed by atoms with E-state index in [0.29, 0.717) is 18.9 Å². The summed E-state index contributed by atoms with van der Waals surface area (Å²) >= 11 is 0. The SMILES string of the molecule is COCc1cccc(NC(=O)N2CCOCC2C(=O)O)c1. The number of rotatable bonds is 4. The number of hydrogen-bond donors (Lipinski definition) is 2. The minimum Gasteiger partial charge on any atom is -0.480 e. The molecule has 1 atom stereocenters. The Morgan fingerprint density at radius 2 is 2.33 bits per heavy atom. The van der Waals surface area contributed by atoms with E-state index >= 15 is 0 Å². The number of methoxy groups -OCH3 is 1. The Balaban J connectivity index is 2.05. The summed E-state index contributed by atoms with van der Waals surface area (Å²) in [6.45, 7) is 1.03. The molecule has 1 aliphatic heterocycles. The zero-order valence-electron chi connectivity index (χ0n) is 11.7. The molecule has 0 spiro atoms. The molecular formula is C14H18N2O5. The van der Waals surface area contributed by atoms with Crippen molar-refractivity contribution in [1.82, 2.24) is 4.90 Å². The van der Waals surface area contributed by atoms with Crippen molar-refractivity contribution < 1.29 is 24.2 Å². The first-order valence-electron chi connectivity index (χ1n) is 6.58. The van der Waals surface area contributed by atoms with Gasteiger partial charge in [0.15, 0.2) is 6.04 Å².